The van der Waals surface area contributed by atoms with E-state index in [0.717, 1.165) is 16.9 Å². The number of benzene rings is 2. The summed E-state index contributed by atoms with van der Waals surface area (Å²) in [6.45, 7) is 2.34. The number of imide groups is 1. The average Bonchev–Trinajstić information content (AvgIpc) is 2.55. The number of amides is 3. The molecular weight excluding hydrogens is 292 g/mol. The van der Waals surface area contributed by atoms with Gasteiger partial charge in [0.2, 0.25) is 0 Å². The number of rotatable bonds is 5. The lowest BCUT2D eigenvalue weighted by atomic mass is 10.1. The topological polar surface area (TPSA) is 67.4 Å². The van der Waals surface area contributed by atoms with Gasteiger partial charge in [0.1, 0.15) is 5.75 Å². The lowest BCUT2D eigenvalue weighted by Gasteiger charge is -2.08. The summed E-state index contributed by atoms with van der Waals surface area (Å²) in [6, 6.07) is 14.2. The molecular formula is C18H20N2O3. The van der Waals surface area contributed by atoms with Gasteiger partial charge in [0.05, 0.1) is 7.11 Å². The van der Waals surface area contributed by atoms with Crippen LogP contribution >= 0.6 is 0 Å². The minimum Gasteiger partial charge on any atom is -0.497 e. The van der Waals surface area contributed by atoms with Crippen LogP contribution in [-0.4, -0.2) is 25.6 Å². The molecule has 2 rings (SSSR count). The maximum atomic E-state index is 11.9. The number of carbonyl (C=O) groups is 2. The molecule has 0 atom stereocenters. The Morgan fingerprint density at radius 1 is 1.09 bits per heavy atom. The predicted molar refractivity (Wildman–Crippen MR) is 88.7 cm³/mol. The van der Waals surface area contributed by atoms with Gasteiger partial charge in [-0.25, -0.2) is 4.79 Å². The Morgan fingerprint density at radius 3 is 2.48 bits per heavy atom. The fraction of sp³-hybridized carbons (Fsp3) is 0.222. The van der Waals surface area contributed by atoms with Crippen molar-refractivity contribution in [2.24, 2.45) is 0 Å². The number of nitrogens with one attached hydrogen (secondary N) is 2. The molecule has 2 aromatic rings. The highest BCUT2D eigenvalue weighted by Gasteiger charge is 2.09. The number of hydrogen-bond acceptors (Lipinski definition) is 3. The van der Waals surface area contributed by atoms with Gasteiger partial charge in [-0.1, -0.05) is 29.8 Å². The van der Waals surface area contributed by atoms with Crippen LogP contribution in [0, 0.1) is 6.92 Å². The van der Waals surface area contributed by atoms with E-state index in [-0.39, 0.29) is 0 Å². The average molecular weight is 312 g/mol. The van der Waals surface area contributed by atoms with Crippen molar-refractivity contribution in [3.05, 3.63) is 65.2 Å². The Hall–Kier alpha value is -2.82. The minimum atomic E-state index is -0.495. The zero-order chi connectivity index (χ0) is 16.7. The maximum Gasteiger partial charge on any atom is 0.321 e. The van der Waals surface area contributed by atoms with Crippen molar-refractivity contribution in [3.8, 4) is 5.75 Å². The zero-order valence-corrected chi connectivity index (χ0v) is 13.3. The van der Waals surface area contributed by atoms with E-state index in [2.05, 4.69) is 10.6 Å². The van der Waals surface area contributed by atoms with E-state index in [4.69, 9.17) is 4.74 Å². The monoisotopic (exact) mass is 312 g/mol. The molecule has 2 aromatic carbocycles. The Bertz CT molecular complexity index is 681. The molecule has 0 aliphatic heterocycles. The summed E-state index contributed by atoms with van der Waals surface area (Å²) in [5.74, 6) is 0.388. The van der Waals surface area contributed by atoms with Crippen molar-refractivity contribution in [3.63, 3.8) is 0 Å². The highest BCUT2D eigenvalue weighted by molar-refractivity contribution is 6.04. The Kier molecular flexibility index (Phi) is 5.74. The number of methoxy groups -OCH3 is 1. The first-order chi connectivity index (χ1) is 11.1. The van der Waals surface area contributed by atoms with Gasteiger partial charge in [-0.05, 0) is 43.2 Å². The van der Waals surface area contributed by atoms with Gasteiger partial charge in [0.25, 0.3) is 5.91 Å². The summed E-state index contributed by atoms with van der Waals surface area (Å²) in [4.78, 5) is 23.7. The zero-order valence-electron chi connectivity index (χ0n) is 13.3. The second-order valence-corrected chi connectivity index (χ2v) is 5.18. The fourth-order valence-corrected chi connectivity index (χ4v) is 2.12. The predicted octanol–water partition coefficient (Wildman–Crippen LogP) is 2.69. The molecule has 0 aliphatic carbocycles. The smallest absolute Gasteiger partial charge is 0.321 e. The van der Waals surface area contributed by atoms with E-state index in [1.165, 1.54) is 0 Å². The minimum absolute atomic E-state index is 0.407. The fourth-order valence-electron chi connectivity index (χ4n) is 2.12. The van der Waals surface area contributed by atoms with Gasteiger partial charge in [-0.3, -0.25) is 10.1 Å². The SMILES string of the molecule is COc1ccc(CCNC(=O)NC(=O)c2cccc(C)c2)cc1. The molecule has 0 spiro atoms. The number of urea groups is 1. The van der Waals surface area contributed by atoms with Crippen LogP contribution in [0.4, 0.5) is 4.79 Å². The summed E-state index contributed by atoms with van der Waals surface area (Å²) in [5.41, 5.74) is 2.52. The largest absolute Gasteiger partial charge is 0.497 e. The van der Waals surface area contributed by atoms with Crippen LogP contribution in [0.25, 0.3) is 0 Å². The standard InChI is InChI=1S/C18H20N2O3/c1-13-4-3-5-15(12-13)17(21)20-18(22)19-11-10-14-6-8-16(23-2)9-7-14/h3-9,12H,10-11H2,1-2H3,(H2,19,20,21,22). The van der Waals surface area contributed by atoms with E-state index in [0.29, 0.717) is 18.5 Å². The van der Waals surface area contributed by atoms with Crippen LogP contribution in [0.15, 0.2) is 48.5 Å². The first-order valence-corrected chi connectivity index (χ1v) is 7.37. The van der Waals surface area contributed by atoms with E-state index in [1.54, 1.807) is 25.3 Å². The van der Waals surface area contributed by atoms with Gasteiger partial charge >= 0.3 is 6.03 Å². The van der Waals surface area contributed by atoms with Gasteiger partial charge in [-0.2, -0.15) is 0 Å². The lowest BCUT2D eigenvalue weighted by Crippen LogP contribution is -2.40. The normalized spacial score (nSPS) is 10.0. The molecule has 0 saturated carbocycles. The maximum absolute atomic E-state index is 11.9. The summed E-state index contributed by atoms with van der Waals surface area (Å²) in [6.07, 6.45) is 0.677. The van der Waals surface area contributed by atoms with Gasteiger partial charge in [-0.15, -0.1) is 0 Å². The van der Waals surface area contributed by atoms with Crippen molar-refractivity contribution < 1.29 is 14.3 Å². The second kappa shape index (κ2) is 7.98. The molecule has 0 heterocycles. The molecule has 23 heavy (non-hydrogen) atoms. The molecule has 0 bridgehead atoms. The van der Waals surface area contributed by atoms with Crippen molar-refractivity contribution in [2.75, 3.05) is 13.7 Å². The van der Waals surface area contributed by atoms with Gasteiger partial charge in [0, 0.05) is 12.1 Å². The van der Waals surface area contributed by atoms with Crippen LogP contribution in [0.3, 0.4) is 0 Å². The molecule has 120 valence electrons. The summed E-state index contributed by atoms with van der Waals surface area (Å²) < 4.78 is 5.09. The van der Waals surface area contributed by atoms with Crippen molar-refractivity contribution in [1.82, 2.24) is 10.6 Å². The summed E-state index contributed by atoms with van der Waals surface area (Å²) in [5, 5.41) is 4.99. The number of hydrogen-bond donors (Lipinski definition) is 2. The lowest BCUT2D eigenvalue weighted by molar-refractivity contribution is 0.0964. The van der Waals surface area contributed by atoms with Crippen LogP contribution in [0.5, 0.6) is 5.75 Å². The highest BCUT2D eigenvalue weighted by Crippen LogP contribution is 2.11. The first kappa shape index (κ1) is 16.5. The highest BCUT2D eigenvalue weighted by atomic mass is 16.5. The van der Waals surface area contributed by atoms with Crippen molar-refractivity contribution >= 4 is 11.9 Å². The molecule has 0 radical (unpaired) electrons. The first-order valence-electron chi connectivity index (χ1n) is 7.37. The Balaban J connectivity index is 1.77. The third-order valence-electron chi connectivity index (χ3n) is 3.37. The molecule has 3 amide bonds. The summed E-state index contributed by atoms with van der Waals surface area (Å²) >= 11 is 0. The Labute approximate surface area is 135 Å². The molecule has 0 aromatic heterocycles. The van der Waals surface area contributed by atoms with Crippen LogP contribution in [-0.2, 0) is 6.42 Å². The molecule has 0 aliphatic rings. The van der Waals surface area contributed by atoms with Crippen molar-refractivity contribution in [2.45, 2.75) is 13.3 Å². The molecule has 5 heteroatoms. The van der Waals surface area contributed by atoms with E-state index in [9.17, 15) is 9.59 Å². The third kappa shape index (κ3) is 5.14. The molecule has 5 nitrogen and oxygen atoms in total. The van der Waals surface area contributed by atoms with Gasteiger partial charge < -0.3 is 10.1 Å². The van der Waals surface area contributed by atoms with E-state index < -0.39 is 11.9 Å². The van der Waals surface area contributed by atoms with Crippen LogP contribution in [0.1, 0.15) is 21.5 Å². The number of carbonyl (C=O) groups excluding carboxylic acids is 2. The third-order valence-corrected chi connectivity index (χ3v) is 3.37. The van der Waals surface area contributed by atoms with Crippen LogP contribution < -0.4 is 15.4 Å². The molecule has 0 fully saturated rings. The van der Waals surface area contributed by atoms with Crippen molar-refractivity contribution in [1.29, 1.82) is 0 Å². The van der Waals surface area contributed by atoms with E-state index in [1.807, 2.05) is 37.3 Å². The number of ether oxygens (including phenoxy) is 1. The van der Waals surface area contributed by atoms with Gasteiger partial charge in [0.15, 0.2) is 0 Å². The quantitative estimate of drug-likeness (QED) is 0.892. The second-order valence-electron chi connectivity index (χ2n) is 5.18. The Morgan fingerprint density at radius 2 is 1.83 bits per heavy atom. The number of aryl methyl sites for hydroxylation is 1. The molecule has 2 N–H and O–H groups in total. The summed E-state index contributed by atoms with van der Waals surface area (Å²) in [7, 11) is 1.62. The molecule has 0 unspecified atom stereocenters. The van der Waals surface area contributed by atoms with Crippen LogP contribution in [0.2, 0.25) is 0 Å². The molecule has 0 saturated heterocycles. The van der Waals surface area contributed by atoms with E-state index >= 15 is 0 Å².